The summed E-state index contributed by atoms with van der Waals surface area (Å²) in [6.45, 7) is 7.26. The Labute approximate surface area is 152 Å². The quantitative estimate of drug-likeness (QED) is 0.819. The van der Waals surface area contributed by atoms with Crippen LogP contribution in [0.3, 0.4) is 0 Å². The van der Waals surface area contributed by atoms with Crippen molar-refractivity contribution in [1.29, 1.82) is 0 Å². The van der Waals surface area contributed by atoms with Gasteiger partial charge in [0.2, 0.25) is 5.91 Å². The maximum absolute atomic E-state index is 12.8. The van der Waals surface area contributed by atoms with Gasteiger partial charge in [0.1, 0.15) is 11.6 Å². The molecule has 2 aliphatic heterocycles. The Hall–Kier alpha value is -2.57. The Morgan fingerprint density at radius 3 is 2.65 bits per heavy atom. The second-order valence-electron chi connectivity index (χ2n) is 7.66. The molecule has 2 atom stereocenters. The Kier molecular flexibility index (Phi) is 4.42. The number of hydrogen-bond donors (Lipinski definition) is 1. The van der Waals surface area contributed by atoms with Gasteiger partial charge in [-0.3, -0.25) is 9.69 Å². The second-order valence-corrected chi connectivity index (χ2v) is 7.66. The number of carbonyl (C=O) groups is 3. The first-order chi connectivity index (χ1) is 12.2. The number of para-hydroxylation sites is 1. The fourth-order valence-corrected chi connectivity index (χ4v) is 3.60. The molecule has 0 saturated carbocycles. The molecule has 26 heavy (non-hydrogen) atoms. The highest BCUT2D eigenvalue weighted by Crippen LogP contribution is 2.46. The topological polar surface area (TPSA) is 84.9 Å². The molecular weight excluding hydrogens is 336 g/mol. The minimum Gasteiger partial charge on any atom is -0.464 e. The third-order valence-electron chi connectivity index (χ3n) is 4.67. The molecule has 1 spiro atoms. The van der Waals surface area contributed by atoms with Gasteiger partial charge < -0.3 is 14.8 Å². The first-order valence-corrected chi connectivity index (χ1v) is 8.75. The lowest BCUT2D eigenvalue weighted by atomic mass is 9.79. The largest absolute Gasteiger partial charge is 0.464 e. The molecule has 0 aromatic heterocycles. The van der Waals surface area contributed by atoms with E-state index in [1.165, 1.54) is 4.90 Å². The summed E-state index contributed by atoms with van der Waals surface area (Å²) in [5.74, 6) is -0.730. The van der Waals surface area contributed by atoms with Crippen LogP contribution in [0.1, 0.15) is 39.7 Å². The van der Waals surface area contributed by atoms with E-state index in [0.717, 1.165) is 5.56 Å². The molecule has 1 N–H and O–H groups in total. The van der Waals surface area contributed by atoms with Gasteiger partial charge in [0.25, 0.3) is 0 Å². The summed E-state index contributed by atoms with van der Waals surface area (Å²) in [4.78, 5) is 39.3. The molecule has 0 bridgehead atoms. The molecule has 1 fully saturated rings. The van der Waals surface area contributed by atoms with E-state index >= 15 is 0 Å². The maximum Gasteiger partial charge on any atom is 0.411 e. The van der Waals surface area contributed by atoms with Gasteiger partial charge in [-0.2, -0.15) is 0 Å². The molecule has 2 amide bonds. The standard InChI is InChI=1S/C19H24N2O5/c1-5-25-15(22)14-10-19(11-21(14)17(24)26-18(2,3)4)12-8-6-7-9-13(12)20-16(19)23/h6-9,14H,5,10-11H2,1-4H3,(H,20,23)/t14?,19-/m0/s1. The number of esters is 1. The summed E-state index contributed by atoms with van der Waals surface area (Å²) in [6, 6.07) is 6.49. The molecule has 1 unspecified atom stereocenters. The van der Waals surface area contributed by atoms with E-state index in [1.54, 1.807) is 27.7 Å². The predicted octanol–water partition coefficient (Wildman–Crippen LogP) is 2.45. The normalized spacial score (nSPS) is 24.4. The van der Waals surface area contributed by atoms with Gasteiger partial charge in [-0.25, -0.2) is 9.59 Å². The number of anilines is 1. The van der Waals surface area contributed by atoms with E-state index in [-0.39, 0.29) is 25.5 Å². The average molecular weight is 360 g/mol. The number of hydrogen-bond acceptors (Lipinski definition) is 5. The molecule has 1 aromatic rings. The average Bonchev–Trinajstić information content (AvgIpc) is 3.07. The van der Waals surface area contributed by atoms with Crippen LogP contribution < -0.4 is 5.32 Å². The number of ether oxygens (including phenoxy) is 2. The third-order valence-corrected chi connectivity index (χ3v) is 4.67. The SMILES string of the molecule is CCOC(=O)C1C[C@@]2(CN1C(=O)OC(C)(C)C)C(=O)Nc1ccccc12. The zero-order chi connectivity index (χ0) is 19.1. The van der Waals surface area contributed by atoms with Gasteiger partial charge >= 0.3 is 12.1 Å². The lowest BCUT2D eigenvalue weighted by Crippen LogP contribution is -2.45. The number of likely N-dealkylation sites (tertiary alicyclic amines) is 1. The molecule has 7 heteroatoms. The molecule has 1 aromatic carbocycles. The first-order valence-electron chi connectivity index (χ1n) is 8.75. The summed E-state index contributed by atoms with van der Waals surface area (Å²) in [5, 5.41) is 2.86. The van der Waals surface area contributed by atoms with Gasteiger partial charge in [0.15, 0.2) is 0 Å². The third kappa shape index (κ3) is 3.02. The summed E-state index contributed by atoms with van der Waals surface area (Å²) in [6.07, 6.45) is -0.446. The second kappa shape index (κ2) is 6.30. The molecule has 0 radical (unpaired) electrons. The molecule has 2 heterocycles. The molecule has 1 saturated heterocycles. The summed E-state index contributed by atoms with van der Waals surface area (Å²) >= 11 is 0. The maximum atomic E-state index is 12.8. The van der Waals surface area contributed by atoms with Gasteiger partial charge in [-0.1, -0.05) is 18.2 Å². The van der Waals surface area contributed by atoms with Crippen LogP contribution in [0.2, 0.25) is 0 Å². The van der Waals surface area contributed by atoms with Gasteiger partial charge in [0.05, 0.1) is 12.0 Å². The van der Waals surface area contributed by atoms with Crippen LogP contribution >= 0.6 is 0 Å². The Balaban J connectivity index is 1.98. The number of nitrogens with zero attached hydrogens (tertiary/aromatic N) is 1. The fourth-order valence-electron chi connectivity index (χ4n) is 3.60. The first kappa shape index (κ1) is 18.2. The van der Waals surface area contributed by atoms with Crippen molar-refractivity contribution in [3.05, 3.63) is 29.8 Å². The lowest BCUT2D eigenvalue weighted by Gasteiger charge is -2.28. The van der Waals surface area contributed by atoms with Gasteiger partial charge in [-0.15, -0.1) is 0 Å². The van der Waals surface area contributed by atoms with Crippen molar-refractivity contribution >= 4 is 23.7 Å². The molecular formula is C19H24N2O5. The van der Waals surface area contributed by atoms with E-state index in [1.807, 2.05) is 24.3 Å². The summed E-state index contributed by atoms with van der Waals surface area (Å²) in [5.41, 5.74) is -0.163. The van der Waals surface area contributed by atoms with Crippen molar-refractivity contribution in [3.8, 4) is 0 Å². The number of amides is 2. The van der Waals surface area contributed by atoms with Crippen LogP contribution in [-0.4, -0.2) is 47.7 Å². The van der Waals surface area contributed by atoms with E-state index in [9.17, 15) is 14.4 Å². The van der Waals surface area contributed by atoms with Crippen LogP contribution in [-0.2, 0) is 24.5 Å². The highest BCUT2D eigenvalue weighted by molar-refractivity contribution is 6.07. The van der Waals surface area contributed by atoms with E-state index < -0.39 is 29.1 Å². The molecule has 3 rings (SSSR count). The highest BCUT2D eigenvalue weighted by atomic mass is 16.6. The van der Waals surface area contributed by atoms with E-state index in [0.29, 0.717) is 5.69 Å². The van der Waals surface area contributed by atoms with E-state index in [4.69, 9.17) is 9.47 Å². The van der Waals surface area contributed by atoms with Crippen molar-refractivity contribution in [1.82, 2.24) is 4.90 Å². The highest BCUT2D eigenvalue weighted by Gasteiger charge is 2.58. The van der Waals surface area contributed by atoms with Crippen LogP contribution in [0.25, 0.3) is 0 Å². The van der Waals surface area contributed by atoms with Crippen molar-refractivity contribution in [2.24, 2.45) is 0 Å². The number of benzene rings is 1. The van der Waals surface area contributed by atoms with Crippen LogP contribution in [0, 0.1) is 0 Å². The predicted molar refractivity (Wildman–Crippen MR) is 94.7 cm³/mol. The van der Waals surface area contributed by atoms with Crippen LogP contribution in [0.5, 0.6) is 0 Å². The zero-order valence-corrected chi connectivity index (χ0v) is 15.5. The number of fused-ring (bicyclic) bond motifs is 2. The summed E-state index contributed by atoms with van der Waals surface area (Å²) in [7, 11) is 0. The molecule has 2 aliphatic rings. The minimum atomic E-state index is -0.967. The van der Waals surface area contributed by atoms with E-state index in [2.05, 4.69) is 5.32 Å². The zero-order valence-electron chi connectivity index (χ0n) is 15.5. The molecule has 7 nitrogen and oxygen atoms in total. The Morgan fingerprint density at radius 1 is 1.31 bits per heavy atom. The monoisotopic (exact) mass is 360 g/mol. The van der Waals surface area contributed by atoms with Crippen molar-refractivity contribution in [2.45, 2.75) is 51.2 Å². The van der Waals surface area contributed by atoms with Crippen LogP contribution in [0.4, 0.5) is 10.5 Å². The molecule has 0 aliphatic carbocycles. The summed E-state index contributed by atoms with van der Waals surface area (Å²) < 4.78 is 10.6. The Morgan fingerprint density at radius 2 is 2.00 bits per heavy atom. The van der Waals surface area contributed by atoms with Crippen LogP contribution in [0.15, 0.2) is 24.3 Å². The number of carbonyl (C=O) groups excluding carboxylic acids is 3. The lowest BCUT2D eigenvalue weighted by molar-refractivity contribution is -0.148. The van der Waals surface area contributed by atoms with Crippen molar-refractivity contribution < 1.29 is 23.9 Å². The smallest absolute Gasteiger partial charge is 0.411 e. The molecule has 140 valence electrons. The van der Waals surface area contributed by atoms with Crippen molar-refractivity contribution in [3.63, 3.8) is 0 Å². The minimum absolute atomic E-state index is 0.0776. The van der Waals surface area contributed by atoms with Crippen molar-refractivity contribution in [2.75, 3.05) is 18.5 Å². The number of nitrogens with one attached hydrogen (secondary N) is 1. The van der Waals surface area contributed by atoms with Gasteiger partial charge in [-0.05, 0) is 45.7 Å². The Bertz CT molecular complexity index is 755. The fraction of sp³-hybridized carbons (Fsp3) is 0.526. The van der Waals surface area contributed by atoms with Gasteiger partial charge in [0, 0.05) is 12.2 Å². The number of rotatable bonds is 2.